The SMILES string of the molecule is Cc1nc2nc[nH]n2c(=O)c1CCCOCC(C)(C)C. The predicted molar refractivity (Wildman–Crippen MR) is 76.9 cm³/mol. The highest BCUT2D eigenvalue weighted by Crippen LogP contribution is 2.13. The molecule has 0 aromatic carbocycles. The molecule has 0 saturated heterocycles. The van der Waals surface area contributed by atoms with Crippen LogP contribution in [0.25, 0.3) is 5.78 Å². The number of hydrogen-bond donors (Lipinski definition) is 1. The number of fused-ring (bicyclic) bond motifs is 1. The first-order valence-electron chi connectivity index (χ1n) is 6.88. The monoisotopic (exact) mass is 278 g/mol. The van der Waals surface area contributed by atoms with Crippen LogP contribution < -0.4 is 5.56 Å². The Morgan fingerprint density at radius 3 is 2.85 bits per heavy atom. The molecule has 0 aliphatic heterocycles. The fourth-order valence-electron chi connectivity index (χ4n) is 2.01. The summed E-state index contributed by atoms with van der Waals surface area (Å²) < 4.78 is 7.00. The van der Waals surface area contributed by atoms with Crippen molar-refractivity contribution in [2.24, 2.45) is 5.41 Å². The summed E-state index contributed by atoms with van der Waals surface area (Å²) in [5, 5.41) is 2.78. The van der Waals surface area contributed by atoms with Crippen molar-refractivity contribution in [1.82, 2.24) is 19.6 Å². The number of H-pyrrole nitrogens is 1. The molecule has 0 aliphatic carbocycles. The Hall–Kier alpha value is -1.69. The van der Waals surface area contributed by atoms with Gasteiger partial charge in [-0.05, 0) is 25.2 Å². The van der Waals surface area contributed by atoms with Gasteiger partial charge in [-0.15, -0.1) is 0 Å². The molecule has 0 amide bonds. The van der Waals surface area contributed by atoms with Crippen molar-refractivity contribution in [3.63, 3.8) is 0 Å². The molecule has 0 saturated carbocycles. The summed E-state index contributed by atoms with van der Waals surface area (Å²) in [5.74, 6) is 0.417. The maximum absolute atomic E-state index is 12.2. The van der Waals surface area contributed by atoms with Crippen LogP contribution in [0.1, 0.15) is 38.4 Å². The second-order valence-corrected chi connectivity index (χ2v) is 6.22. The van der Waals surface area contributed by atoms with Gasteiger partial charge in [0.1, 0.15) is 6.33 Å². The molecule has 2 aromatic rings. The molecule has 6 heteroatoms. The van der Waals surface area contributed by atoms with Gasteiger partial charge in [0.2, 0.25) is 0 Å². The van der Waals surface area contributed by atoms with E-state index in [0.29, 0.717) is 18.8 Å². The molecule has 2 heterocycles. The number of ether oxygens (including phenoxy) is 1. The summed E-state index contributed by atoms with van der Waals surface area (Å²) in [6.07, 6.45) is 2.96. The van der Waals surface area contributed by atoms with Gasteiger partial charge in [0.25, 0.3) is 11.3 Å². The van der Waals surface area contributed by atoms with Crippen LogP contribution in [0.15, 0.2) is 11.1 Å². The van der Waals surface area contributed by atoms with Gasteiger partial charge in [-0.2, -0.15) is 4.52 Å². The summed E-state index contributed by atoms with van der Waals surface area (Å²) in [6, 6.07) is 0. The summed E-state index contributed by atoms with van der Waals surface area (Å²) >= 11 is 0. The lowest BCUT2D eigenvalue weighted by molar-refractivity contribution is 0.0698. The van der Waals surface area contributed by atoms with E-state index in [4.69, 9.17) is 4.74 Å². The highest BCUT2D eigenvalue weighted by Gasteiger charge is 2.12. The Balaban J connectivity index is 1.98. The highest BCUT2D eigenvalue weighted by molar-refractivity contribution is 5.30. The summed E-state index contributed by atoms with van der Waals surface area (Å²) in [4.78, 5) is 20.5. The van der Waals surface area contributed by atoms with Crippen LogP contribution in [0.5, 0.6) is 0 Å². The normalized spacial score (nSPS) is 12.2. The fourth-order valence-corrected chi connectivity index (χ4v) is 2.01. The lowest BCUT2D eigenvalue weighted by Crippen LogP contribution is -2.22. The zero-order valence-electron chi connectivity index (χ0n) is 12.6. The number of hydrogen-bond acceptors (Lipinski definition) is 4. The molecule has 0 radical (unpaired) electrons. The molecule has 0 bridgehead atoms. The molecule has 2 aromatic heterocycles. The molecule has 6 nitrogen and oxygen atoms in total. The van der Waals surface area contributed by atoms with Crippen LogP contribution in [0.2, 0.25) is 0 Å². The molecule has 20 heavy (non-hydrogen) atoms. The minimum absolute atomic E-state index is 0.0687. The molecular weight excluding hydrogens is 256 g/mol. The number of rotatable bonds is 5. The van der Waals surface area contributed by atoms with E-state index in [1.54, 1.807) is 0 Å². The van der Waals surface area contributed by atoms with Crippen LogP contribution in [0.3, 0.4) is 0 Å². The van der Waals surface area contributed by atoms with Gasteiger partial charge in [-0.3, -0.25) is 9.89 Å². The lowest BCUT2D eigenvalue weighted by Gasteiger charge is -2.17. The van der Waals surface area contributed by atoms with Crippen molar-refractivity contribution in [3.8, 4) is 0 Å². The average molecular weight is 278 g/mol. The van der Waals surface area contributed by atoms with E-state index in [0.717, 1.165) is 24.3 Å². The molecule has 0 aliphatic rings. The van der Waals surface area contributed by atoms with Crippen molar-refractivity contribution < 1.29 is 4.74 Å². The highest BCUT2D eigenvalue weighted by atomic mass is 16.5. The van der Waals surface area contributed by atoms with Crippen LogP contribution >= 0.6 is 0 Å². The average Bonchev–Trinajstić information content (AvgIpc) is 2.79. The second kappa shape index (κ2) is 5.75. The molecule has 110 valence electrons. The van der Waals surface area contributed by atoms with Crippen molar-refractivity contribution >= 4 is 5.78 Å². The van der Waals surface area contributed by atoms with E-state index < -0.39 is 0 Å². The van der Waals surface area contributed by atoms with Gasteiger partial charge in [0.15, 0.2) is 0 Å². The molecule has 0 fully saturated rings. The second-order valence-electron chi connectivity index (χ2n) is 6.22. The largest absolute Gasteiger partial charge is 0.381 e. The smallest absolute Gasteiger partial charge is 0.277 e. The van der Waals surface area contributed by atoms with E-state index in [9.17, 15) is 4.79 Å². The third-order valence-corrected chi connectivity index (χ3v) is 2.98. The summed E-state index contributed by atoms with van der Waals surface area (Å²) in [6.45, 7) is 9.64. The molecule has 2 rings (SSSR count). The first kappa shape index (κ1) is 14.7. The van der Waals surface area contributed by atoms with Gasteiger partial charge in [0.05, 0.1) is 12.3 Å². The molecule has 0 unspecified atom stereocenters. The molecule has 1 N–H and O–H groups in total. The van der Waals surface area contributed by atoms with E-state index in [1.807, 2.05) is 6.92 Å². The third-order valence-electron chi connectivity index (χ3n) is 2.98. The number of nitrogens with zero attached hydrogens (tertiary/aromatic N) is 3. The van der Waals surface area contributed by atoms with Crippen molar-refractivity contribution in [2.75, 3.05) is 13.2 Å². The van der Waals surface area contributed by atoms with Gasteiger partial charge in [0, 0.05) is 12.2 Å². The molecular formula is C14H22N4O2. The Bertz CT molecular complexity index is 637. The zero-order valence-corrected chi connectivity index (χ0v) is 12.6. The Morgan fingerprint density at radius 2 is 2.15 bits per heavy atom. The fraction of sp³-hybridized carbons (Fsp3) is 0.643. The first-order valence-corrected chi connectivity index (χ1v) is 6.88. The Kier molecular flexibility index (Phi) is 4.23. The topological polar surface area (TPSA) is 72.3 Å². The predicted octanol–water partition coefficient (Wildman–Crippen LogP) is 1.72. The third kappa shape index (κ3) is 3.45. The summed E-state index contributed by atoms with van der Waals surface area (Å²) in [7, 11) is 0. The van der Waals surface area contributed by atoms with Gasteiger partial charge < -0.3 is 4.74 Å². The minimum Gasteiger partial charge on any atom is -0.381 e. The van der Waals surface area contributed by atoms with Crippen LogP contribution in [-0.4, -0.2) is 32.8 Å². The first-order chi connectivity index (χ1) is 9.38. The lowest BCUT2D eigenvalue weighted by atomic mass is 9.99. The van der Waals surface area contributed by atoms with Crippen molar-refractivity contribution in [1.29, 1.82) is 0 Å². The summed E-state index contributed by atoms with van der Waals surface area (Å²) in [5.41, 5.74) is 1.58. The molecule has 0 atom stereocenters. The van der Waals surface area contributed by atoms with Crippen LogP contribution in [-0.2, 0) is 11.2 Å². The quantitative estimate of drug-likeness (QED) is 0.845. The van der Waals surface area contributed by atoms with Gasteiger partial charge in [-0.25, -0.2) is 9.97 Å². The van der Waals surface area contributed by atoms with Gasteiger partial charge in [-0.1, -0.05) is 20.8 Å². The van der Waals surface area contributed by atoms with Crippen LogP contribution in [0.4, 0.5) is 0 Å². The van der Waals surface area contributed by atoms with E-state index in [2.05, 4.69) is 35.8 Å². The number of aromatic nitrogens is 4. The van der Waals surface area contributed by atoms with E-state index >= 15 is 0 Å². The number of aryl methyl sites for hydroxylation is 1. The van der Waals surface area contributed by atoms with Crippen molar-refractivity contribution in [3.05, 3.63) is 27.9 Å². The zero-order chi connectivity index (χ0) is 14.8. The molecule has 0 spiro atoms. The number of aromatic amines is 1. The van der Waals surface area contributed by atoms with Gasteiger partial charge >= 0.3 is 0 Å². The Labute approximate surface area is 118 Å². The van der Waals surface area contributed by atoms with Crippen LogP contribution in [0, 0.1) is 12.3 Å². The maximum atomic E-state index is 12.2. The number of nitrogens with one attached hydrogen (secondary N) is 1. The maximum Gasteiger partial charge on any atom is 0.277 e. The standard InChI is InChI=1S/C14H22N4O2/c1-10-11(6-5-7-20-8-14(2,3)4)12(19)18-13(17-10)15-9-16-18/h9H,5-8H2,1-4H3,(H,15,16,17). The van der Waals surface area contributed by atoms with E-state index in [-0.39, 0.29) is 11.0 Å². The Morgan fingerprint density at radius 1 is 1.40 bits per heavy atom. The van der Waals surface area contributed by atoms with Crippen molar-refractivity contribution in [2.45, 2.75) is 40.5 Å². The minimum atomic E-state index is -0.0687. The van der Waals surface area contributed by atoms with E-state index in [1.165, 1.54) is 10.8 Å².